The van der Waals surface area contributed by atoms with Crippen LogP contribution in [0.2, 0.25) is 0 Å². The predicted molar refractivity (Wildman–Crippen MR) is 75.0 cm³/mol. The Bertz CT molecular complexity index is 463. The van der Waals surface area contributed by atoms with E-state index in [1.807, 2.05) is 6.07 Å². The van der Waals surface area contributed by atoms with Crippen LogP contribution in [0.5, 0.6) is 0 Å². The van der Waals surface area contributed by atoms with Gasteiger partial charge in [-0.3, -0.25) is 0 Å². The summed E-state index contributed by atoms with van der Waals surface area (Å²) in [6.45, 7) is 2.18. The Morgan fingerprint density at radius 3 is 2.12 bits per heavy atom. The maximum Gasteiger partial charge on any atom is -0.00941 e. The van der Waals surface area contributed by atoms with Crippen molar-refractivity contribution in [1.29, 1.82) is 0 Å². The van der Waals surface area contributed by atoms with E-state index >= 15 is 0 Å². The van der Waals surface area contributed by atoms with Crippen LogP contribution in [-0.2, 0) is 12.8 Å². The second kappa shape index (κ2) is 6.05. The number of hydrogen-bond donors (Lipinski definition) is 0. The first-order valence-electron chi connectivity index (χ1n) is 6.18. The smallest absolute Gasteiger partial charge is 0.00941 e. The molecule has 2 aromatic rings. The van der Waals surface area contributed by atoms with Gasteiger partial charge in [0.25, 0.3) is 0 Å². The number of benzene rings is 2. The van der Waals surface area contributed by atoms with Gasteiger partial charge in [-0.25, -0.2) is 0 Å². The van der Waals surface area contributed by atoms with Crippen molar-refractivity contribution >= 4 is 6.08 Å². The Balaban J connectivity index is 1.95. The average molecular weight is 222 g/mol. The highest BCUT2D eigenvalue weighted by molar-refractivity contribution is 5.49. The lowest BCUT2D eigenvalue weighted by atomic mass is 10.1. The minimum absolute atomic E-state index is 0.999. The summed E-state index contributed by atoms with van der Waals surface area (Å²) in [5.74, 6) is 0. The van der Waals surface area contributed by atoms with Crippen molar-refractivity contribution in [2.24, 2.45) is 0 Å². The maximum absolute atomic E-state index is 2.22. The fraction of sp³-hybridized carbons (Fsp3) is 0.176. The van der Waals surface area contributed by atoms with Crippen LogP contribution in [0.3, 0.4) is 0 Å². The summed E-state index contributed by atoms with van der Waals surface area (Å²) in [7, 11) is 0. The molecular formula is C17H18. The molecule has 0 heterocycles. The third kappa shape index (κ3) is 3.60. The minimum Gasteiger partial charge on any atom is -0.0795 e. The highest BCUT2D eigenvalue weighted by Crippen LogP contribution is 2.08. The second-order valence-corrected chi connectivity index (χ2v) is 4.19. The quantitative estimate of drug-likeness (QED) is 0.714. The lowest BCUT2D eigenvalue weighted by molar-refractivity contribution is 1.13. The number of rotatable bonds is 4. The molecule has 0 aliphatic rings. The molecule has 0 nitrogen and oxygen atoms in total. The van der Waals surface area contributed by atoms with Crippen molar-refractivity contribution < 1.29 is 0 Å². The molecule has 0 heteroatoms. The molecule has 0 bridgehead atoms. The van der Waals surface area contributed by atoms with Crippen LogP contribution in [-0.4, -0.2) is 0 Å². The van der Waals surface area contributed by atoms with Gasteiger partial charge in [0, 0.05) is 0 Å². The van der Waals surface area contributed by atoms with E-state index in [0.29, 0.717) is 0 Å². The molecule has 0 aliphatic heterocycles. The monoisotopic (exact) mass is 222 g/mol. The third-order valence-electron chi connectivity index (χ3n) is 2.89. The predicted octanol–water partition coefficient (Wildman–Crippen LogP) is 4.50. The van der Waals surface area contributed by atoms with E-state index in [1.54, 1.807) is 0 Å². The van der Waals surface area contributed by atoms with Crippen molar-refractivity contribution in [3.8, 4) is 0 Å². The van der Waals surface area contributed by atoms with E-state index < -0.39 is 0 Å². The molecule has 0 N–H and O–H groups in total. The Morgan fingerprint density at radius 1 is 0.824 bits per heavy atom. The zero-order valence-corrected chi connectivity index (χ0v) is 10.3. The summed E-state index contributed by atoms with van der Waals surface area (Å²) in [5, 5.41) is 0. The van der Waals surface area contributed by atoms with Gasteiger partial charge in [0.1, 0.15) is 0 Å². The first-order chi connectivity index (χ1) is 8.38. The Hall–Kier alpha value is -1.82. The van der Waals surface area contributed by atoms with E-state index in [0.717, 1.165) is 12.8 Å². The summed E-state index contributed by atoms with van der Waals surface area (Å²) >= 11 is 0. The average Bonchev–Trinajstić information content (AvgIpc) is 2.41. The standard InChI is InChI=1S/C17H18/c1-2-15-11-13-17(14-12-15)10-6-9-16-7-4-3-5-8-16/h3-9,11-14H,2,10H2,1H3/b9-6+. The first kappa shape index (κ1) is 11.7. The molecule has 0 atom stereocenters. The van der Waals surface area contributed by atoms with Gasteiger partial charge in [0.2, 0.25) is 0 Å². The molecule has 0 saturated heterocycles. The number of aryl methyl sites for hydroxylation is 1. The molecule has 86 valence electrons. The van der Waals surface area contributed by atoms with Crippen molar-refractivity contribution in [2.45, 2.75) is 19.8 Å². The van der Waals surface area contributed by atoms with Gasteiger partial charge in [0.15, 0.2) is 0 Å². The third-order valence-corrected chi connectivity index (χ3v) is 2.89. The highest BCUT2D eigenvalue weighted by atomic mass is 14.0. The maximum atomic E-state index is 2.22. The number of allylic oxidation sites excluding steroid dienone is 1. The van der Waals surface area contributed by atoms with Gasteiger partial charge in [-0.1, -0.05) is 73.7 Å². The highest BCUT2D eigenvalue weighted by Gasteiger charge is 1.91. The normalized spacial score (nSPS) is 10.9. The summed E-state index contributed by atoms with van der Waals surface area (Å²) in [6.07, 6.45) is 6.50. The van der Waals surface area contributed by atoms with Gasteiger partial charge in [-0.05, 0) is 29.5 Å². The molecule has 0 fully saturated rings. The van der Waals surface area contributed by atoms with Crippen molar-refractivity contribution in [3.05, 3.63) is 77.4 Å². The van der Waals surface area contributed by atoms with E-state index in [-0.39, 0.29) is 0 Å². The van der Waals surface area contributed by atoms with Crippen LogP contribution >= 0.6 is 0 Å². The summed E-state index contributed by atoms with van der Waals surface area (Å²) in [5.41, 5.74) is 4.04. The molecular weight excluding hydrogens is 204 g/mol. The lowest BCUT2D eigenvalue weighted by Crippen LogP contribution is -1.83. The van der Waals surface area contributed by atoms with Gasteiger partial charge >= 0.3 is 0 Å². The Labute approximate surface area is 104 Å². The van der Waals surface area contributed by atoms with Crippen molar-refractivity contribution in [2.75, 3.05) is 0 Å². The van der Waals surface area contributed by atoms with E-state index in [4.69, 9.17) is 0 Å². The van der Waals surface area contributed by atoms with Gasteiger partial charge < -0.3 is 0 Å². The molecule has 2 aromatic carbocycles. The summed E-state index contributed by atoms with van der Waals surface area (Å²) < 4.78 is 0. The summed E-state index contributed by atoms with van der Waals surface area (Å²) in [4.78, 5) is 0. The lowest BCUT2D eigenvalue weighted by Gasteiger charge is -1.99. The topological polar surface area (TPSA) is 0 Å². The minimum atomic E-state index is 0.999. The van der Waals surface area contributed by atoms with Crippen LogP contribution in [0.1, 0.15) is 23.6 Å². The molecule has 2 rings (SSSR count). The van der Waals surface area contributed by atoms with Crippen LogP contribution in [0, 0.1) is 0 Å². The fourth-order valence-electron chi connectivity index (χ4n) is 1.81. The van der Waals surface area contributed by atoms with Crippen LogP contribution in [0.4, 0.5) is 0 Å². The van der Waals surface area contributed by atoms with Gasteiger partial charge in [-0.2, -0.15) is 0 Å². The van der Waals surface area contributed by atoms with Crippen molar-refractivity contribution in [1.82, 2.24) is 0 Å². The Kier molecular flexibility index (Phi) is 4.15. The van der Waals surface area contributed by atoms with Crippen LogP contribution < -0.4 is 0 Å². The second-order valence-electron chi connectivity index (χ2n) is 4.19. The molecule has 0 radical (unpaired) electrons. The molecule has 0 aromatic heterocycles. The van der Waals surface area contributed by atoms with Gasteiger partial charge in [0.05, 0.1) is 0 Å². The molecule has 0 spiro atoms. The number of hydrogen-bond acceptors (Lipinski definition) is 0. The zero-order valence-electron chi connectivity index (χ0n) is 10.3. The van der Waals surface area contributed by atoms with E-state index in [1.165, 1.54) is 16.7 Å². The Morgan fingerprint density at radius 2 is 1.47 bits per heavy atom. The SMILES string of the molecule is CCc1ccc(C/C=C/c2ccccc2)cc1. The molecule has 0 aliphatic carbocycles. The van der Waals surface area contributed by atoms with E-state index in [9.17, 15) is 0 Å². The van der Waals surface area contributed by atoms with Crippen LogP contribution in [0.25, 0.3) is 6.08 Å². The van der Waals surface area contributed by atoms with Gasteiger partial charge in [-0.15, -0.1) is 0 Å². The molecule has 17 heavy (non-hydrogen) atoms. The summed E-state index contributed by atoms with van der Waals surface area (Å²) in [6, 6.07) is 19.3. The fourth-order valence-corrected chi connectivity index (χ4v) is 1.81. The first-order valence-corrected chi connectivity index (χ1v) is 6.18. The molecule has 0 unspecified atom stereocenters. The largest absolute Gasteiger partial charge is 0.0795 e. The van der Waals surface area contributed by atoms with Crippen molar-refractivity contribution in [3.63, 3.8) is 0 Å². The van der Waals surface area contributed by atoms with E-state index in [2.05, 4.69) is 67.6 Å². The molecule has 0 amide bonds. The molecule has 0 saturated carbocycles. The zero-order chi connectivity index (χ0) is 11.9. The van der Waals surface area contributed by atoms with Crippen LogP contribution in [0.15, 0.2) is 60.7 Å².